The molecule has 0 bridgehead atoms. The maximum absolute atomic E-state index is 11.6. The number of carbonyl (C=O) groups is 2. The molecule has 0 radical (unpaired) electrons. The maximum Gasteiger partial charge on any atom is 1.00 e. The number of nitrogens with one attached hydrogen (secondary N) is 2. The number of aliphatic carboxylic acids is 1. The molecule has 2 N–H and O–H groups in total. The predicted molar refractivity (Wildman–Crippen MR) is 72.0 cm³/mol. The zero-order valence-corrected chi connectivity index (χ0v) is 15.2. The fourth-order valence-electron chi connectivity index (χ4n) is 1.84. The van der Waals surface area contributed by atoms with Crippen molar-refractivity contribution in [2.24, 2.45) is 7.05 Å². The smallest absolute Gasteiger partial charge is 0.550 e. The van der Waals surface area contributed by atoms with Crippen LogP contribution in [0.2, 0.25) is 0 Å². The van der Waals surface area contributed by atoms with Crippen LogP contribution in [0.25, 0.3) is 11.0 Å². The minimum atomic E-state index is -1.12. The maximum atomic E-state index is 11.6. The van der Waals surface area contributed by atoms with Crippen molar-refractivity contribution in [1.82, 2.24) is 14.9 Å². The van der Waals surface area contributed by atoms with Crippen LogP contribution in [0.4, 0.5) is 10.7 Å². The third kappa shape index (κ3) is 5.08. The van der Waals surface area contributed by atoms with Crippen molar-refractivity contribution >= 4 is 29.0 Å². The molecule has 1 heterocycles. The number of benzene rings is 1. The van der Waals surface area contributed by atoms with E-state index in [9.17, 15) is 14.7 Å². The first-order valence-electron chi connectivity index (χ1n) is 6.24. The van der Waals surface area contributed by atoms with Gasteiger partial charge >= 0.3 is 57.4 Å². The molecular weight excluding hydrogens is 299 g/mol. The van der Waals surface area contributed by atoms with E-state index in [-0.39, 0.29) is 64.4 Å². The van der Waals surface area contributed by atoms with Crippen LogP contribution < -0.4 is 67.1 Å². The van der Waals surface area contributed by atoms with Gasteiger partial charge in [0.25, 0.3) is 0 Å². The average Bonchev–Trinajstić information content (AvgIpc) is 2.72. The number of carboxylic acids is 1. The average molecular weight is 314 g/mol. The number of carbonyl (C=O) groups excluding carboxylic acids is 2. The van der Waals surface area contributed by atoms with Crippen LogP contribution in [0.3, 0.4) is 0 Å². The number of fused-ring (bicyclic) bond motifs is 1. The minimum absolute atomic E-state index is 0. The summed E-state index contributed by atoms with van der Waals surface area (Å²) >= 11 is 0. The largest absolute Gasteiger partial charge is 1.00 e. The quantitative estimate of drug-likeness (QED) is 0.461. The number of aryl methyl sites for hydroxylation is 1. The van der Waals surface area contributed by atoms with E-state index >= 15 is 0 Å². The van der Waals surface area contributed by atoms with Crippen LogP contribution in [0, 0.1) is 0 Å². The van der Waals surface area contributed by atoms with Gasteiger partial charge in [-0.1, -0.05) is 12.1 Å². The molecule has 0 fully saturated rings. The molecule has 0 spiro atoms. The molecule has 0 atom stereocenters. The number of urea groups is 1. The van der Waals surface area contributed by atoms with E-state index in [0.717, 1.165) is 11.0 Å². The Balaban J connectivity index is 0.00000220. The summed E-state index contributed by atoms with van der Waals surface area (Å²) in [6.07, 6.45) is 0.255. The first-order valence-corrected chi connectivity index (χ1v) is 6.24. The van der Waals surface area contributed by atoms with Crippen LogP contribution in [0.5, 0.6) is 0 Å². The fourth-order valence-corrected chi connectivity index (χ4v) is 1.84. The molecule has 21 heavy (non-hydrogen) atoms. The Hall–Kier alpha value is -0.934. The molecule has 1 aromatic carbocycles. The van der Waals surface area contributed by atoms with Gasteiger partial charge in [-0.3, -0.25) is 5.32 Å². The van der Waals surface area contributed by atoms with Gasteiger partial charge in [0.15, 0.2) is 0 Å². The minimum Gasteiger partial charge on any atom is -0.550 e. The number of carboxylic acid groups (broad SMARTS) is 1. The number of hydrogen-bond donors (Lipinski definition) is 2. The number of nitrogens with zero attached hydrogens (tertiary/aromatic N) is 2. The van der Waals surface area contributed by atoms with Crippen molar-refractivity contribution in [3.05, 3.63) is 24.3 Å². The Morgan fingerprint density at radius 2 is 2.05 bits per heavy atom. The van der Waals surface area contributed by atoms with Crippen LogP contribution >= 0.6 is 0 Å². The van der Waals surface area contributed by atoms with E-state index in [1.165, 1.54) is 0 Å². The zero-order chi connectivity index (χ0) is 14.5. The standard InChI is InChI=1S/C13H16N4O3.K/c1-17-10-6-3-2-5-9(10)15-12(17)16-13(20)14-8-4-7-11(18)19;/h2-3,5-6H,4,7-8H2,1H3,(H,18,19)(H2,14,15,16,20);/q;+1/p-1. The molecule has 7 nitrogen and oxygen atoms in total. The summed E-state index contributed by atoms with van der Waals surface area (Å²) < 4.78 is 1.77. The number of para-hydroxylation sites is 2. The van der Waals surface area contributed by atoms with Crippen molar-refractivity contribution < 1.29 is 66.1 Å². The number of rotatable bonds is 5. The molecule has 106 valence electrons. The second kappa shape index (κ2) is 8.49. The fraction of sp³-hybridized carbons (Fsp3) is 0.308. The molecule has 0 aliphatic carbocycles. The van der Waals surface area contributed by atoms with Gasteiger partial charge in [-0.2, -0.15) is 0 Å². The predicted octanol–water partition coefficient (Wildman–Crippen LogP) is -2.77. The van der Waals surface area contributed by atoms with E-state index < -0.39 is 12.0 Å². The molecular formula is C13H15KN4O3. The van der Waals surface area contributed by atoms with E-state index in [2.05, 4.69) is 15.6 Å². The molecule has 2 rings (SSSR count). The first-order chi connectivity index (χ1) is 9.58. The summed E-state index contributed by atoms with van der Waals surface area (Å²) in [5.74, 6) is -0.689. The number of anilines is 1. The number of imidazole rings is 1. The van der Waals surface area contributed by atoms with Crippen LogP contribution in [-0.2, 0) is 11.8 Å². The molecule has 0 saturated carbocycles. The molecule has 1 aromatic heterocycles. The van der Waals surface area contributed by atoms with Gasteiger partial charge in [-0.25, -0.2) is 9.78 Å². The monoisotopic (exact) mass is 314 g/mol. The van der Waals surface area contributed by atoms with Gasteiger partial charge in [0.05, 0.1) is 11.0 Å². The molecule has 2 aromatic rings. The number of hydrogen-bond acceptors (Lipinski definition) is 4. The van der Waals surface area contributed by atoms with Crippen LogP contribution in [0.1, 0.15) is 12.8 Å². The summed E-state index contributed by atoms with van der Waals surface area (Å²) in [6, 6.07) is 7.12. The van der Waals surface area contributed by atoms with Gasteiger partial charge in [-0.15, -0.1) is 0 Å². The van der Waals surface area contributed by atoms with Crippen LogP contribution in [0.15, 0.2) is 24.3 Å². The Kier molecular flexibility index (Phi) is 7.33. The van der Waals surface area contributed by atoms with Gasteiger partial charge < -0.3 is 19.8 Å². The molecule has 8 heteroatoms. The van der Waals surface area contributed by atoms with Crippen molar-refractivity contribution in [2.45, 2.75) is 12.8 Å². The Bertz CT molecular complexity index is 641. The van der Waals surface area contributed by atoms with Crippen molar-refractivity contribution in [1.29, 1.82) is 0 Å². The van der Waals surface area contributed by atoms with Gasteiger partial charge in [0, 0.05) is 19.6 Å². The van der Waals surface area contributed by atoms with Gasteiger partial charge in [0.1, 0.15) is 0 Å². The third-order valence-electron chi connectivity index (χ3n) is 2.86. The number of aromatic nitrogens is 2. The number of amides is 2. The first kappa shape index (κ1) is 18.1. The van der Waals surface area contributed by atoms with Crippen molar-refractivity contribution in [2.75, 3.05) is 11.9 Å². The third-order valence-corrected chi connectivity index (χ3v) is 2.86. The molecule has 0 aliphatic heterocycles. The van der Waals surface area contributed by atoms with Gasteiger partial charge in [-0.05, 0) is 25.0 Å². The normalized spacial score (nSPS) is 9.95. The second-order valence-electron chi connectivity index (χ2n) is 4.34. The Morgan fingerprint density at radius 1 is 1.33 bits per heavy atom. The van der Waals surface area contributed by atoms with E-state index in [0.29, 0.717) is 12.4 Å². The summed E-state index contributed by atoms with van der Waals surface area (Å²) in [5.41, 5.74) is 1.71. The molecule has 0 unspecified atom stereocenters. The summed E-state index contributed by atoms with van der Waals surface area (Å²) in [7, 11) is 1.81. The molecule has 0 aliphatic rings. The molecule has 0 saturated heterocycles. The van der Waals surface area contributed by atoms with Crippen molar-refractivity contribution in [3.8, 4) is 0 Å². The van der Waals surface area contributed by atoms with E-state index in [1.54, 1.807) is 11.6 Å². The van der Waals surface area contributed by atoms with E-state index in [4.69, 9.17) is 0 Å². The molecule has 2 amide bonds. The summed E-state index contributed by atoms with van der Waals surface area (Å²) in [5, 5.41) is 15.4. The van der Waals surface area contributed by atoms with Crippen molar-refractivity contribution in [3.63, 3.8) is 0 Å². The van der Waals surface area contributed by atoms with Crippen LogP contribution in [-0.4, -0.2) is 28.1 Å². The SMILES string of the molecule is Cn1c(NC(=O)NCCCC(=O)[O-])nc2ccccc21.[K+]. The van der Waals surface area contributed by atoms with E-state index in [1.807, 2.05) is 24.3 Å². The summed E-state index contributed by atoms with van der Waals surface area (Å²) in [6.45, 7) is 0.268. The second-order valence-corrected chi connectivity index (χ2v) is 4.34. The summed E-state index contributed by atoms with van der Waals surface area (Å²) in [4.78, 5) is 26.2. The Labute approximate surface area is 164 Å². The topological polar surface area (TPSA) is 99.1 Å². The Morgan fingerprint density at radius 3 is 2.71 bits per heavy atom. The van der Waals surface area contributed by atoms with Gasteiger partial charge in [0.2, 0.25) is 5.95 Å². The zero-order valence-electron chi connectivity index (χ0n) is 12.0.